The average molecular weight is 437 g/mol. The van der Waals surface area contributed by atoms with E-state index in [4.69, 9.17) is 9.15 Å². The van der Waals surface area contributed by atoms with Crippen molar-refractivity contribution in [3.05, 3.63) is 64.9 Å². The summed E-state index contributed by atoms with van der Waals surface area (Å²) in [6, 6.07) is 13.6. The molecule has 5 nitrogen and oxygen atoms in total. The normalized spacial score (nSPS) is 12.2. The molecule has 1 N–H and O–H groups in total. The molecule has 5 heteroatoms. The van der Waals surface area contributed by atoms with Crippen molar-refractivity contribution in [2.75, 3.05) is 6.61 Å². The van der Waals surface area contributed by atoms with Gasteiger partial charge in [0.05, 0.1) is 0 Å². The fourth-order valence-electron chi connectivity index (χ4n) is 4.14. The van der Waals surface area contributed by atoms with Crippen molar-refractivity contribution >= 4 is 22.7 Å². The molecule has 0 saturated heterocycles. The number of fused-ring (bicyclic) bond motifs is 1. The minimum Gasteiger partial charge on any atom is -0.486 e. The van der Waals surface area contributed by atoms with Crippen LogP contribution in [0.25, 0.3) is 11.0 Å². The maximum absolute atomic E-state index is 12.2. The second-order valence-electron chi connectivity index (χ2n) is 9.40. The molecule has 0 spiro atoms. The second-order valence-corrected chi connectivity index (χ2v) is 9.40. The summed E-state index contributed by atoms with van der Waals surface area (Å²) in [6.07, 6.45) is 1.73. The first-order valence-corrected chi connectivity index (χ1v) is 11.1. The molecule has 0 bridgehead atoms. The Morgan fingerprint density at radius 2 is 1.59 bits per heavy atom. The topological polar surface area (TPSA) is 76.7 Å². The van der Waals surface area contributed by atoms with Crippen LogP contribution in [0.3, 0.4) is 0 Å². The summed E-state index contributed by atoms with van der Waals surface area (Å²) in [4.78, 5) is 23.5. The molecule has 1 aromatic heterocycles. The van der Waals surface area contributed by atoms with Crippen molar-refractivity contribution in [1.82, 2.24) is 0 Å². The van der Waals surface area contributed by atoms with Crippen LogP contribution in [0.4, 0.5) is 0 Å². The molecule has 0 fully saturated rings. The number of carboxylic acids is 1. The number of aryl methyl sites for hydroxylation is 1. The zero-order chi connectivity index (χ0) is 23.7. The van der Waals surface area contributed by atoms with Crippen LogP contribution in [-0.2, 0) is 10.2 Å². The number of hydrogen-bond donors (Lipinski definition) is 1. The Morgan fingerprint density at radius 3 is 2.16 bits per heavy atom. The van der Waals surface area contributed by atoms with E-state index < -0.39 is 11.4 Å². The van der Waals surface area contributed by atoms with Gasteiger partial charge in [-0.15, -0.1) is 0 Å². The van der Waals surface area contributed by atoms with E-state index in [1.165, 1.54) is 0 Å². The van der Waals surface area contributed by atoms with E-state index in [9.17, 15) is 14.7 Å². The molecule has 3 rings (SSSR count). The Kier molecular flexibility index (Phi) is 6.49. The Morgan fingerprint density at radius 1 is 0.969 bits per heavy atom. The lowest BCUT2D eigenvalue weighted by Crippen LogP contribution is -2.27. The van der Waals surface area contributed by atoms with E-state index in [0.29, 0.717) is 11.3 Å². The Labute approximate surface area is 189 Å². The smallest absolute Gasteiger partial charge is 0.371 e. The van der Waals surface area contributed by atoms with Crippen LogP contribution in [0.5, 0.6) is 5.75 Å². The molecule has 170 valence electrons. The highest BCUT2D eigenvalue weighted by atomic mass is 16.5. The van der Waals surface area contributed by atoms with Crippen molar-refractivity contribution in [3.63, 3.8) is 0 Å². The van der Waals surface area contributed by atoms with Crippen molar-refractivity contribution < 1.29 is 23.8 Å². The number of Topliss-reactive ketones (excluding diaryl/α,β-unsaturated/α-hetero) is 1. The van der Waals surface area contributed by atoms with Crippen molar-refractivity contribution in [1.29, 1.82) is 0 Å². The monoisotopic (exact) mass is 436 g/mol. The number of hydrogen-bond acceptors (Lipinski definition) is 4. The summed E-state index contributed by atoms with van der Waals surface area (Å²) in [5.41, 5.74) is 3.09. The molecule has 0 unspecified atom stereocenters. The number of rotatable bonds is 8. The summed E-state index contributed by atoms with van der Waals surface area (Å²) in [5, 5.41) is 10.0. The van der Waals surface area contributed by atoms with E-state index in [-0.39, 0.29) is 23.6 Å². The third-order valence-electron chi connectivity index (χ3n) is 6.41. The van der Waals surface area contributed by atoms with Crippen LogP contribution in [0.1, 0.15) is 74.7 Å². The van der Waals surface area contributed by atoms with Gasteiger partial charge in [0.15, 0.2) is 5.78 Å². The van der Waals surface area contributed by atoms with Crippen LogP contribution in [-0.4, -0.2) is 23.5 Å². The molecule has 0 aliphatic carbocycles. The van der Waals surface area contributed by atoms with Crippen LogP contribution < -0.4 is 4.74 Å². The quantitative estimate of drug-likeness (QED) is 0.434. The van der Waals surface area contributed by atoms with Gasteiger partial charge in [0.2, 0.25) is 5.76 Å². The van der Waals surface area contributed by atoms with Crippen molar-refractivity contribution in [3.8, 4) is 5.75 Å². The molecular formula is C27H32O5. The summed E-state index contributed by atoms with van der Waals surface area (Å²) in [6.45, 7) is 12.0. The third-order valence-corrected chi connectivity index (χ3v) is 6.41. The average Bonchev–Trinajstić information content (AvgIpc) is 3.17. The van der Waals surface area contributed by atoms with Crippen LogP contribution in [0.2, 0.25) is 0 Å². The van der Waals surface area contributed by atoms with E-state index in [0.717, 1.165) is 34.9 Å². The van der Waals surface area contributed by atoms with Gasteiger partial charge in [-0.25, -0.2) is 4.79 Å². The third kappa shape index (κ3) is 4.43. The zero-order valence-corrected chi connectivity index (χ0v) is 19.7. The number of carbonyl (C=O) groups is 2. The molecular weight excluding hydrogens is 404 g/mol. The SMILES string of the molecule is CCC(CC)(c1ccc(OCC(=O)C(C)(C)C)c(C)c1)c1ccc2cc(C(=O)O)oc2c1. The fraction of sp³-hybridized carbons (Fsp3) is 0.407. The van der Waals surface area contributed by atoms with Crippen LogP contribution >= 0.6 is 0 Å². The predicted octanol–water partition coefficient (Wildman–Crippen LogP) is 6.54. The van der Waals surface area contributed by atoms with Gasteiger partial charge in [-0.3, -0.25) is 4.79 Å². The largest absolute Gasteiger partial charge is 0.486 e. The van der Waals surface area contributed by atoms with Crippen molar-refractivity contribution in [2.45, 2.75) is 59.8 Å². The van der Waals surface area contributed by atoms with Gasteiger partial charge in [0, 0.05) is 16.2 Å². The second kappa shape index (κ2) is 8.81. The summed E-state index contributed by atoms with van der Waals surface area (Å²) in [5.74, 6) is -0.362. The zero-order valence-electron chi connectivity index (χ0n) is 19.7. The van der Waals surface area contributed by atoms with Gasteiger partial charge in [0.1, 0.15) is 17.9 Å². The first kappa shape index (κ1) is 23.6. The van der Waals surface area contributed by atoms with Gasteiger partial charge < -0.3 is 14.3 Å². The molecule has 0 aliphatic rings. The van der Waals surface area contributed by atoms with E-state index in [2.05, 4.69) is 32.0 Å². The minimum absolute atomic E-state index is 0.0530. The lowest BCUT2D eigenvalue weighted by atomic mass is 9.70. The highest BCUT2D eigenvalue weighted by Crippen LogP contribution is 2.41. The maximum atomic E-state index is 12.2. The summed E-state index contributed by atoms with van der Waals surface area (Å²) >= 11 is 0. The van der Waals surface area contributed by atoms with Gasteiger partial charge in [-0.1, -0.05) is 58.9 Å². The van der Waals surface area contributed by atoms with Gasteiger partial charge in [0.25, 0.3) is 0 Å². The number of ether oxygens (including phenoxy) is 1. The van der Waals surface area contributed by atoms with Crippen LogP contribution in [0, 0.1) is 12.3 Å². The number of ketones is 1. The minimum atomic E-state index is -1.07. The van der Waals surface area contributed by atoms with E-state index in [1.807, 2.05) is 45.9 Å². The highest BCUT2D eigenvalue weighted by Gasteiger charge is 2.32. The van der Waals surface area contributed by atoms with E-state index >= 15 is 0 Å². The Hall–Kier alpha value is -3.08. The molecule has 2 aromatic carbocycles. The first-order valence-electron chi connectivity index (χ1n) is 11.1. The van der Waals surface area contributed by atoms with Gasteiger partial charge >= 0.3 is 5.97 Å². The molecule has 0 aliphatic heterocycles. The highest BCUT2D eigenvalue weighted by molar-refractivity contribution is 5.91. The number of benzene rings is 2. The molecule has 3 aromatic rings. The predicted molar refractivity (Wildman–Crippen MR) is 126 cm³/mol. The molecule has 0 radical (unpaired) electrons. The molecule has 0 amide bonds. The Bertz CT molecular complexity index is 1140. The fourth-order valence-corrected chi connectivity index (χ4v) is 4.14. The number of carboxylic acid groups (broad SMARTS) is 1. The van der Waals surface area contributed by atoms with Crippen LogP contribution in [0.15, 0.2) is 46.9 Å². The molecule has 0 saturated carbocycles. The van der Waals surface area contributed by atoms with Crippen molar-refractivity contribution in [2.24, 2.45) is 5.41 Å². The number of carbonyl (C=O) groups excluding carboxylic acids is 1. The standard InChI is InChI=1S/C27H32O5/c1-7-27(8-2,20-10-9-18-14-23(25(29)30)32-22(18)15-20)19-11-12-21(17(3)13-19)31-16-24(28)26(4,5)6/h9-15H,7-8,16H2,1-6H3,(H,29,30). The molecule has 32 heavy (non-hydrogen) atoms. The lowest BCUT2D eigenvalue weighted by Gasteiger charge is -2.33. The number of furan rings is 1. The van der Waals surface area contributed by atoms with Gasteiger partial charge in [-0.2, -0.15) is 0 Å². The van der Waals surface area contributed by atoms with E-state index in [1.54, 1.807) is 6.07 Å². The molecule has 1 heterocycles. The van der Waals surface area contributed by atoms with Gasteiger partial charge in [-0.05, 0) is 54.7 Å². The number of aromatic carboxylic acids is 1. The first-order chi connectivity index (χ1) is 15.0. The summed E-state index contributed by atoms with van der Waals surface area (Å²) in [7, 11) is 0. The Balaban J connectivity index is 1.97. The maximum Gasteiger partial charge on any atom is 0.371 e. The lowest BCUT2D eigenvalue weighted by molar-refractivity contribution is -0.128. The molecule has 0 atom stereocenters. The summed E-state index contributed by atoms with van der Waals surface area (Å²) < 4.78 is 11.4.